The first kappa shape index (κ1) is 14.7. The Labute approximate surface area is 109 Å². The largest absolute Gasteiger partial charge is 0.375 e. The summed E-state index contributed by atoms with van der Waals surface area (Å²) >= 11 is 0. The summed E-state index contributed by atoms with van der Waals surface area (Å²) in [6.07, 6.45) is 4.52. The molecule has 1 amide bonds. The van der Waals surface area contributed by atoms with Gasteiger partial charge in [0.25, 0.3) is 0 Å². The summed E-state index contributed by atoms with van der Waals surface area (Å²) in [7, 11) is 0. The lowest BCUT2D eigenvalue weighted by Gasteiger charge is -2.27. The molecule has 17 heavy (non-hydrogen) atoms. The van der Waals surface area contributed by atoms with Crippen LogP contribution in [0.5, 0.6) is 0 Å². The van der Waals surface area contributed by atoms with Crippen LogP contribution < -0.4 is 5.32 Å². The fourth-order valence-corrected chi connectivity index (χ4v) is 2.45. The molecule has 1 N–H and O–H groups in total. The van der Waals surface area contributed by atoms with Crippen LogP contribution in [0.2, 0.25) is 0 Å². The summed E-state index contributed by atoms with van der Waals surface area (Å²) in [6, 6.07) is 0. The van der Waals surface area contributed by atoms with E-state index in [0.29, 0.717) is 24.5 Å². The predicted molar refractivity (Wildman–Crippen MR) is 69.5 cm³/mol. The van der Waals surface area contributed by atoms with Gasteiger partial charge in [-0.15, -0.1) is 12.4 Å². The third-order valence-corrected chi connectivity index (χ3v) is 3.47. The maximum Gasteiger partial charge on any atom is 0.222 e. The van der Waals surface area contributed by atoms with Crippen molar-refractivity contribution in [3.8, 4) is 0 Å². The SMILES string of the molecule is CC1CCC(CCC(=O)N2CCNCC2)O1.Cl. The Bertz CT molecular complexity index is 245. The van der Waals surface area contributed by atoms with E-state index in [0.717, 1.165) is 45.4 Å². The topological polar surface area (TPSA) is 41.6 Å². The van der Waals surface area contributed by atoms with Gasteiger partial charge in [-0.05, 0) is 26.2 Å². The molecule has 0 bridgehead atoms. The zero-order valence-corrected chi connectivity index (χ0v) is 11.3. The summed E-state index contributed by atoms with van der Waals surface area (Å²) in [5.41, 5.74) is 0. The molecule has 2 unspecified atom stereocenters. The third kappa shape index (κ3) is 4.45. The Balaban J connectivity index is 0.00000144. The van der Waals surface area contributed by atoms with Crippen LogP contribution in [0.3, 0.4) is 0 Å². The first-order valence-electron chi connectivity index (χ1n) is 6.39. The molecule has 2 fully saturated rings. The minimum absolute atomic E-state index is 0. The second kappa shape index (κ2) is 7.19. The van der Waals surface area contributed by atoms with E-state index >= 15 is 0 Å². The molecule has 2 saturated heterocycles. The lowest BCUT2D eigenvalue weighted by Crippen LogP contribution is -2.46. The zero-order valence-electron chi connectivity index (χ0n) is 10.5. The maximum atomic E-state index is 11.9. The van der Waals surface area contributed by atoms with Gasteiger partial charge < -0.3 is 15.0 Å². The highest BCUT2D eigenvalue weighted by molar-refractivity contribution is 5.85. The highest BCUT2D eigenvalue weighted by Gasteiger charge is 2.23. The molecule has 0 aromatic carbocycles. The number of carbonyl (C=O) groups is 1. The number of halogens is 1. The third-order valence-electron chi connectivity index (χ3n) is 3.47. The molecular weight excluding hydrogens is 240 g/mol. The average Bonchev–Trinajstić information content (AvgIpc) is 2.73. The molecule has 2 heterocycles. The first-order valence-corrected chi connectivity index (χ1v) is 6.39. The van der Waals surface area contributed by atoms with Gasteiger partial charge in [-0.25, -0.2) is 0 Å². The molecule has 2 rings (SSSR count). The minimum Gasteiger partial charge on any atom is -0.375 e. The Hall–Kier alpha value is -0.320. The van der Waals surface area contributed by atoms with E-state index in [1.165, 1.54) is 0 Å². The second-order valence-corrected chi connectivity index (χ2v) is 4.82. The summed E-state index contributed by atoms with van der Waals surface area (Å²) in [5.74, 6) is 0.296. The molecule has 4 nitrogen and oxygen atoms in total. The minimum atomic E-state index is 0. The maximum absolute atomic E-state index is 11.9. The van der Waals surface area contributed by atoms with Crippen LogP contribution in [0, 0.1) is 0 Å². The normalized spacial score (nSPS) is 28.9. The van der Waals surface area contributed by atoms with Crippen LogP contribution in [-0.4, -0.2) is 49.2 Å². The van der Waals surface area contributed by atoms with Crippen LogP contribution in [-0.2, 0) is 9.53 Å². The van der Waals surface area contributed by atoms with Gasteiger partial charge in [-0.1, -0.05) is 0 Å². The quantitative estimate of drug-likeness (QED) is 0.831. The van der Waals surface area contributed by atoms with Gasteiger partial charge in [0.15, 0.2) is 0 Å². The van der Waals surface area contributed by atoms with Crippen LogP contribution in [0.25, 0.3) is 0 Å². The number of rotatable bonds is 3. The molecular formula is C12H23ClN2O2. The van der Waals surface area contributed by atoms with E-state index in [9.17, 15) is 4.79 Å². The monoisotopic (exact) mass is 262 g/mol. The summed E-state index contributed by atoms with van der Waals surface area (Å²) < 4.78 is 5.72. The molecule has 0 saturated carbocycles. The molecule has 0 spiro atoms. The lowest BCUT2D eigenvalue weighted by atomic mass is 10.1. The van der Waals surface area contributed by atoms with Crippen molar-refractivity contribution in [2.75, 3.05) is 26.2 Å². The van der Waals surface area contributed by atoms with Crippen molar-refractivity contribution in [3.63, 3.8) is 0 Å². The van der Waals surface area contributed by atoms with Crippen molar-refractivity contribution in [1.29, 1.82) is 0 Å². The van der Waals surface area contributed by atoms with Gasteiger partial charge in [0.05, 0.1) is 12.2 Å². The Morgan fingerprint density at radius 3 is 2.65 bits per heavy atom. The molecule has 0 aromatic rings. The Morgan fingerprint density at radius 1 is 1.35 bits per heavy atom. The van der Waals surface area contributed by atoms with Crippen LogP contribution in [0.4, 0.5) is 0 Å². The van der Waals surface area contributed by atoms with Gasteiger partial charge in [-0.2, -0.15) is 0 Å². The number of piperazine rings is 1. The van der Waals surface area contributed by atoms with Gasteiger partial charge >= 0.3 is 0 Å². The lowest BCUT2D eigenvalue weighted by molar-refractivity contribution is -0.132. The van der Waals surface area contributed by atoms with Crippen LogP contribution in [0.1, 0.15) is 32.6 Å². The molecule has 0 aliphatic carbocycles. The number of carbonyl (C=O) groups excluding carboxylic acids is 1. The smallest absolute Gasteiger partial charge is 0.222 e. The van der Waals surface area contributed by atoms with Crippen molar-refractivity contribution in [3.05, 3.63) is 0 Å². The van der Waals surface area contributed by atoms with Crippen molar-refractivity contribution < 1.29 is 9.53 Å². The Kier molecular flexibility index (Phi) is 6.23. The second-order valence-electron chi connectivity index (χ2n) is 4.82. The number of ether oxygens (including phenoxy) is 1. The predicted octanol–water partition coefficient (Wildman–Crippen LogP) is 1.19. The standard InChI is InChI=1S/C12H22N2O2.ClH/c1-10-2-3-11(16-10)4-5-12(15)14-8-6-13-7-9-14;/h10-11,13H,2-9H2,1H3;1H. The van der Waals surface area contributed by atoms with Crippen LogP contribution >= 0.6 is 12.4 Å². The number of nitrogens with zero attached hydrogens (tertiary/aromatic N) is 1. The van der Waals surface area contributed by atoms with E-state index < -0.39 is 0 Å². The summed E-state index contributed by atoms with van der Waals surface area (Å²) in [4.78, 5) is 13.8. The van der Waals surface area contributed by atoms with E-state index in [1.807, 2.05) is 4.90 Å². The highest BCUT2D eigenvalue weighted by atomic mass is 35.5. The molecule has 100 valence electrons. The van der Waals surface area contributed by atoms with E-state index in [-0.39, 0.29) is 12.4 Å². The van der Waals surface area contributed by atoms with Gasteiger partial charge in [0, 0.05) is 32.6 Å². The molecule has 2 aliphatic rings. The molecule has 0 radical (unpaired) electrons. The van der Waals surface area contributed by atoms with Gasteiger partial charge in [0.1, 0.15) is 0 Å². The fraction of sp³-hybridized carbons (Fsp3) is 0.917. The summed E-state index contributed by atoms with van der Waals surface area (Å²) in [5, 5.41) is 3.25. The van der Waals surface area contributed by atoms with E-state index in [2.05, 4.69) is 12.2 Å². The molecule has 0 aromatic heterocycles. The van der Waals surface area contributed by atoms with E-state index in [1.54, 1.807) is 0 Å². The van der Waals surface area contributed by atoms with Gasteiger partial charge in [0.2, 0.25) is 5.91 Å². The first-order chi connectivity index (χ1) is 7.75. The highest BCUT2D eigenvalue weighted by Crippen LogP contribution is 2.22. The number of nitrogens with one attached hydrogen (secondary N) is 1. The number of hydrogen-bond donors (Lipinski definition) is 1. The number of amides is 1. The van der Waals surface area contributed by atoms with Crippen LogP contribution in [0.15, 0.2) is 0 Å². The van der Waals surface area contributed by atoms with Crippen molar-refractivity contribution in [2.24, 2.45) is 0 Å². The molecule has 2 atom stereocenters. The number of hydrogen-bond acceptors (Lipinski definition) is 3. The fourth-order valence-electron chi connectivity index (χ4n) is 2.45. The zero-order chi connectivity index (χ0) is 11.4. The van der Waals surface area contributed by atoms with Crippen molar-refractivity contribution >= 4 is 18.3 Å². The van der Waals surface area contributed by atoms with Gasteiger partial charge in [-0.3, -0.25) is 4.79 Å². The van der Waals surface area contributed by atoms with Crippen molar-refractivity contribution in [1.82, 2.24) is 10.2 Å². The Morgan fingerprint density at radius 2 is 2.06 bits per heavy atom. The summed E-state index contributed by atoms with van der Waals surface area (Å²) in [6.45, 7) is 5.70. The van der Waals surface area contributed by atoms with Crippen molar-refractivity contribution in [2.45, 2.75) is 44.8 Å². The average molecular weight is 263 g/mol. The molecule has 5 heteroatoms. The van der Waals surface area contributed by atoms with E-state index in [4.69, 9.17) is 4.74 Å². The molecule has 2 aliphatic heterocycles.